The maximum absolute atomic E-state index is 15.5. The molecule has 4 aromatic carbocycles. The standard InChI is InChI=1S/C37H29F3N2O3/c1-37(2)33(34(37)36(43)44)35-27(15-23-8-7-21(16-29(23)39)22-10-14-28(38)30(40)17-22)26-13-12-25(18-32(26)42-35)45-19-24-11-9-20-5-3-4-6-31(20)41-24/h3-14,16-18,27,33-34H,15,19H2,1-2H3,(H,43,44)/t27?,33?,34-/m1/s1. The van der Waals surface area contributed by atoms with Crippen molar-refractivity contribution in [1.82, 2.24) is 4.98 Å². The number of benzene rings is 4. The molecule has 0 spiro atoms. The van der Waals surface area contributed by atoms with Gasteiger partial charge >= 0.3 is 5.97 Å². The van der Waals surface area contributed by atoms with Crippen LogP contribution in [0.15, 0.2) is 96.0 Å². The first-order chi connectivity index (χ1) is 21.6. The molecular weight excluding hydrogens is 577 g/mol. The van der Waals surface area contributed by atoms with Crippen LogP contribution in [0.25, 0.3) is 22.0 Å². The molecule has 2 heterocycles. The van der Waals surface area contributed by atoms with Gasteiger partial charge < -0.3 is 9.84 Å². The van der Waals surface area contributed by atoms with E-state index in [0.29, 0.717) is 28.1 Å². The quantitative estimate of drug-likeness (QED) is 0.192. The summed E-state index contributed by atoms with van der Waals surface area (Å²) >= 11 is 0. The van der Waals surface area contributed by atoms with Crippen LogP contribution in [0, 0.1) is 34.7 Å². The summed E-state index contributed by atoms with van der Waals surface area (Å²) in [7, 11) is 0. The predicted molar refractivity (Wildman–Crippen MR) is 166 cm³/mol. The molecule has 7 rings (SSSR count). The molecule has 1 aliphatic carbocycles. The zero-order chi connectivity index (χ0) is 31.5. The van der Waals surface area contributed by atoms with Gasteiger partial charge in [0.25, 0.3) is 0 Å². The molecule has 0 saturated heterocycles. The van der Waals surface area contributed by atoms with Crippen molar-refractivity contribution >= 4 is 28.3 Å². The third-order valence-corrected chi connectivity index (χ3v) is 9.17. The number of ether oxygens (including phenoxy) is 1. The van der Waals surface area contributed by atoms with E-state index in [9.17, 15) is 18.7 Å². The fourth-order valence-corrected chi connectivity index (χ4v) is 6.67. The first-order valence-corrected chi connectivity index (χ1v) is 14.8. The van der Waals surface area contributed by atoms with Gasteiger partial charge in [-0.05, 0) is 70.5 Å². The van der Waals surface area contributed by atoms with Crippen molar-refractivity contribution in [2.24, 2.45) is 22.2 Å². The third kappa shape index (κ3) is 5.24. The van der Waals surface area contributed by atoms with Crippen molar-refractivity contribution < 1.29 is 27.8 Å². The van der Waals surface area contributed by atoms with Gasteiger partial charge in [0.05, 0.1) is 22.8 Å². The minimum absolute atomic E-state index is 0.260. The normalized spacial score (nSPS) is 19.7. The number of pyridine rings is 1. The largest absolute Gasteiger partial charge is 0.487 e. The smallest absolute Gasteiger partial charge is 0.307 e. The number of aliphatic imine (C=N–C) groups is 1. The molecule has 0 amide bonds. The molecule has 5 nitrogen and oxygen atoms in total. The van der Waals surface area contributed by atoms with Crippen LogP contribution in [-0.2, 0) is 17.8 Å². The Morgan fingerprint density at radius 3 is 2.36 bits per heavy atom. The first-order valence-electron chi connectivity index (χ1n) is 14.8. The highest BCUT2D eigenvalue weighted by Gasteiger charge is 2.65. The molecule has 45 heavy (non-hydrogen) atoms. The summed E-state index contributed by atoms with van der Waals surface area (Å²) in [5, 5.41) is 11.0. The van der Waals surface area contributed by atoms with Crippen molar-refractivity contribution in [2.75, 3.05) is 0 Å². The van der Waals surface area contributed by atoms with Crippen LogP contribution < -0.4 is 4.74 Å². The number of fused-ring (bicyclic) bond motifs is 2. The number of rotatable bonds is 8. The van der Waals surface area contributed by atoms with Crippen molar-refractivity contribution in [3.63, 3.8) is 0 Å². The van der Waals surface area contributed by atoms with E-state index in [4.69, 9.17) is 9.73 Å². The number of carboxylic acids is 1. The molecule has 2 aliphatic rings. The van der Waals surface area contributed by atoms with E-state index in [1.165, 1.54) is 12.1 Å². The zero-order valence-corrected chi connectivity index (χ0v) is 24.6. The third-order valence-electron chi connectivity index (χ3n) is 9.17. The van der Waals surface area contributed by atoms with Crippen LogP contribution in [0.1, 0.15) is 36.6 Å². The molecule has 1 saturated carbocycles. The van der Waals surface area contributed by atoms with Gasteiger partial charge in [-0.15, -0.1) is 0 Å². The number of halogens is 3. The topological polar surface area (TPSA) is 71.8 Å². The Kier molecular flexibility index (Phi) is 6.95. The molecule has 0 radical (unpaired) electrons. The van der Waals surface area contributed by atoms with E-state index in [-0.39, 0.29) is 24.9 Å². The highest BCUT2D eigenvalue weighted by molar-refractivity contribution is 6.05. The molecular formula is C37H29F3N2O3. The Hall–Kier alpha value is -4.98. The van der Waals surface area contributed by atoms with Gasteiger partial charge in [0, 0.05) is 29.0 Å². The highest BCUT2D eigenvalue weighted by atomic mass is 19.2. The fraction of sp³-hybridized carbons (Fsp3) is 0.216. The van der Waals surface area contributed by atoms with Crippen molar-refractivity contribution in [2.45, 2.75) is 32.8 Å². The number of aliphatic carboxylic acids is 1. The van der Waals surface area contributed by atoms with E-state index in [1.807, 2.05) is 68.4 Å². The molecule has 1 N–H and O–H groups in total. The van der Waals surface area contributed by atoms with E-state index >= 15 is 4.39 Å². The minimum Gasteiger partial charge on any atom is -0.487 e. The lowest BCUT2D eigenvalue weighted by atomic mass is 9.85. The van der Waals surface area contributed by atoms with Crippen molar-refractivity contribution in [3.8, 4) is 16.9 Å². The molecule has 1 aliphatic heterocycles. The zero-order valence-electron chi connectivity index (χ0n) is 24.6. The highest BCUT2D eigenvalue weighted by Crippen LogP contribution is 2.62. The minimum atomic E-state index is -1.00. The van der Waals surface area contributed by atoms with Crippen LogP contribution in [0.2, 0.25) is 0 Å². The van der Waals surface area contributed by atoms with Crippen LogP contribution in [0.3, 0.4) is 0 Å². The lowest BCUT2D eigenvalue weighted by Gasteiger charge is -2.17. The summed E-state index contributed by atoms with van der Waals surface area (Å²) in [6.07, 6.45) is 0.260. The Morgan fingerprint density at radius 1 is 0.867 bits per heavy atom. The summed E-state index contributed by atoms with van der Waals surface area (Å²) in [6, 6.07) is 25.5. The summed E-state index contributed by atoms with van der Waals surface area (Å²) in [6.45, 7) is 4.10. The lowest BCUT2D eigenvalue weighted by Crippen LogP contribution is -2.17. The van der Waals surface area contributed by atoms with Gasteiger partial charge in [-0.1, -0.05) is 62.4 Å². The molecule has 0 bridgehead atoms. The molecule has 1 aromatic heterocycles. The summed E-state index contributed by atoms with van der Waals surface area (Å²) in [4.78, 5) is 21.7. The molecule has 2 unspecified atom stereocenters. The van der Waals surface area contributed by atoms with Gasteiger partial charge in [-0.25, -0.2) is 18.2 Å². The Morgan fingerprint density at radius 2 is 1.62 bits per heavy atom. The molecule has 1 fully saturated rings. The molecule has 5 aromatic rings. The molecule has 226 valence electrons. The van der Waals surface area contributed by atoms with Gasteiger partial charge in [0.2, 0.25) is 0 Å². The van der Waals surface area contributed by atoms with Crippen LogP contribution in [0.4, 0.5) is 18.9 Å². The second kappa shape index (κ2) is 10.9. The van der Waals surface area contributed by atoms with Crippen molar-refractivity contribution in [1.29, 1.82) is 0 Å². The number of nitrogens with zero attached hydrogens (tertiary/aromatic N) is 2. The second-order valence-corrected chi connectivity index (χ2v) is 12.3. The first kappa shape index (κ1) is 28.8. The van der Waals surface area contributed by atoms with E-state index < -0.39 is 34.8 Å². The number of carboxylic acid groups (broad SMARTS) is 1. The average Bonchev–Trinajstić information content (AvgIpc) is 3.44. The predicted octanol–water partition coefficient (Wildman–Crippen LogP) is 8.67. The lowest BCUT2D eigenvalue weighted by molar-refractivity contribution is -0.139. The van der Waals surface area contributed by atoms with Gasteiger partial charge in [-0.2, -0.15) is 0 Å². The Balaban J connectivity index is 1.17. The van der Waals surface area contributed by atoms with Gasteiger partial charge in [0.15, 0.2) is 11.6 Å². The van der Waals surface area contributed by atoms with Crippen LogP contribution in [-0.4, -0.2) is 21.8 Å². The number of carbonyl (C=O) groups is 1. The number of hydrogen-bond acceptors (Lipinski definition) is 4. The van der Waals surface area contributed by atoms with E-state index in [1.54, 1.807) is 12.1 Å². The second-order valence-electron chi connectivity index (χ2n) is 12.3. The summed E-state index contributed by atoms with van der Waals surface area (Å²) < 4.78 is 48.9. The van der Waals surface area contributed by atoms with Crippen LogP contribution >= 0.6 is 0 Å². The molecule has 3 atom stereocenters. The van der Waals surface area contributed by atoms with Crippen LogP contribution in [0.5, 0.6) is 5.75 Å². The SMILES string of the molecule is CC1(C)C(C2=Nc3cc(OCc4ccc5ccccc5n4)ccc3C2Cc2ccc(-c3ccc(F)c(F)c3)cc2F)[C@@H]1C(=O)O. The maximum atomic E-state index is 15.5. The Bertz CT molecular complexity index is 2020. The monoisotopic (exact) mass is 606 g/mol. The van der Waals surface area contributed by atoms with E-state index in [0.717, 1.165) is 40.0 Å². The number of aromatic nitrogens is 1. The van der Waals surface area contributed by atoms with Gasteiger partial charge in [0.1, 0.15) is 18.2 Å². The Labute approximate surface area is 258 Å². The number of hydrogen-bond donors (Lipinski definition) is 1. The van der Waals surface area contributed by atoms with Gasteiger partial charge in [-0.3, -0.25) is 9.79 Å². The number of para-hydroxylation sites is 1. The summed E-state index contributed by atoms with van der Waals surface area (Å²) in [5.41, 5.74) is 4.64. The molecule has 8 heteroatoms. The average molecular weight is 607 g/mol. The fourth-order valence-electron chi connectivity index (χ4n) is 6.67. The van der Waals surface area contributed by atoms with E-state index in [2.05, 4.69) is 4.98 Å². The summed E-state index contributed by atoms with van der Waals surface area (Å²) in [5.74, 6) is -3.98. The van der Waals surface area contributed by atoms with Crippen molar-refractivity contribution in [3.05, 3.63) is 125 Å². The maximum Gasteiger partial charge on any atom is 0.307 e.